The molecule has 17 heavy (non-hydrogen) atoms. The molecule has 2 heterocycles. The van der Waals surface area contributed by atoms with Crippen molar-refractivity contribution in [3.8, 4) is 0 Å². The van der Waals surface area contributed by atoms with Crippen molar-refractivity contribution in [1.29, 1.82) is 0 Å². The van der Waals surface area contributed by atoms with E-state index in [0.717, 1.165) is 25.8 Å². The number of hydrogen-bond acceptors (Lipinski definition) is 3. The van der Waals surface area contributed by atoms with Crippen molar-refractivity contribution >= 4 is 11.8 Å². The van der Waals surface area contributed by atoms with Crippen LogP contribution in [0.1, 0.15) is 26.2 Å². The maximum atomic E-state index is 12.2. The number of carbonyl (C=O) groups excluding carboxylic acids is 2. The van der Waals surface area contributed by atoms with Gasteiger partial charge in [-0.05, 0) is 32.7 Å². The molecule has 2 fully saturated rings. The van der Waals surface area contributed by atoms with Crippen molar-refractivity contribution in [2.24, 2.45) is 5.41 Å². The molecule has 2 amide bonds. The van der Waals surface area contributed by atoms with Gasteiger partial charge in [0.25, 0.3) is 0 Å². The van der Waals surface area contributed by atoms with E-state index in [9.17, 15) is 9.59 Å². The minimum absolute atomic E-state index is 0.0259. The van der Waals surface area contributed by atoms with Crippen molar-refractivity contribution in [2.75, 3.05) is 26.7 Å². The average molecular weight is 239 g/mol. The van der Waals surface area contributed by atoms with Gasteiger partial charge in [-0.15, -0.1) is 0 Å². The van der Waals surface area contributed by atoms with Crippen molar-refractivity contribution in [3.63, 3.8) is 0 Å². The Kier molecular flexibility index (Phi) is 3.38. The highest BCUT2D eigenvalue weighted by Gasteiger charge is 2.42. The summed E-state index contributed by atoms with van der Waals surface area (Å²) in [5.41, 5.74) is -0.414. The molecule has 0 saturated carbocycles. The minimum Gasteiger partial charge on any atom is -0.359 e. The SMILES string of the molecule is CNC(=O)C1(C)CCN(C(=O)C2CCCN2)C1. The molecule has 2 atom stereocenters. The van der Waals surface area contributed by atoms with Crippen molar-refractivity contribution < 1.29 is 9.59 Å². The molecule has 96 valence electrons. The normalized spacial score (nSPS) is 32.8. The fraction of sp³-hybridized carbons (Fsp3) is 0.833. The van der Waals surface area contributed by atoms with Crippen LogP contribution < -0.4 is 10.6 Å². The van der Waals surface area contributed by atoms with E-state index in [1.807, 2.05) is 11.8 Å². The highest BCUT2D eigenvalue weighted by Crippen LogP contribution is 2.30. The third-order valence-electron chi connectivity index (χ3n) is 3.92. The number of nitrogens with one attached hydrogen (secondary N) is 2. The van der Waals surface area contributed by atoms with Gasteiger partial charge in [0.1, 0.15) is 0 Å². The number of carbonyl (C=O) groups is 2. The van der Waals surface area contributed by atoms with E-state index < -0.39 is 5.41 Å². The molecular weight excluding hydrogens is 218 g/mol. The molecule has 2 aliphatic rings. The summed E-state index contributed by atoms with van der Waals surface area (Å²) in [7, 11) is 1.65. The third kappa shape index (κ3) is 2.29. The molecule has 0 aliphatic carbocycles. The second-order valence-electron chi connectivity index (χ2n) is 5.30. The topological polar surface area (TPSA) is 61.4 Å². The maximum absolute atomic E-state index is 12.2. The van der Waals surface area contributed by atoms with Crippen LogP contribution in [-0.2, 0) is 9.59 Å². The quantitative estimate of drug-likeness (QED) is 0.697. The second-order valence-corrected chi connectivity index (χ2v) is 5.30. The van der Waals surface area contributed by atoms with Crippen LogP contribution in [0.2, 0.25) is 0 Å². The molecule has 0 radical (unpaired) electrons. The lowest BCUT2D eigenvalue weighted by Gasteiger charge is -2.24. The first-order chi connectivity index (χ1) is 8.07. The molecule has 2 unspecified atom stereocenters. The number of nitrogens with zero attached hydrogens (tertiary/aromatic N) is 1. The first kappa shape index (κ1) is 12.4. The Hall–Kier alpha value is -1.10. The van der Waals surface area contributed by atoms with E-state index in [-0.39, 0.29) is 17.9 Å². The van der Waals surface area contributed by atoms with Gasteiger partial charge in [-0.25, -0.2) is 0 Å². The summed E-state index contributed by atoms with van der Waals surface area (Å²) in [6.07, 6.45) is 2.74. The van der Waals surface area contributed by atoms with E-state index in [2.05, 4.69) is 10.6 Å². The Morgan fingerprint density at radius 1 is 1.47 bits per heavy atom. The van der Waals surface area contributed by atoms with Crippen LogP contribution in [0, 0.1) is 5.41 Å². The molecule has 2 N–H and O–H groups in total. The molecule has 0 aromatic carbocycles. The van der Waals surface area contributed by atoms with Gasteiger partial charge in [0.2, 0.25) is 11.8 Å². The zero-order valence-electron chi connectivity index (χ0n) is 10.6. The zero-order valence-corrected chi connectivity index (χ0v) is 10.6. The Balaban J connectivity index is 1.97. The van der Waals surface area contributed by atoms with Crippen LogP contribution in [-0.4, -0.2) is 49.4 Å². The first-order valence-electron chi connectivity index (χ1n) is 6.31. The van der Waals surface area contributed by atoms with E-state index in [4.69, 9.17) is 0 Å². The predicted molar refractivity (Wildman–Crippen MR) is 64.4 cm³/mol. The van der Waals surface area contributed by atoms with Crippen LogP contribution in [0.15, 0.2) is 0 Å². The van der Waals surface area contributed by atoms with Gasteiger partial charge < -0.3 is 15.5 Å². The molecule has 0 aromatic heterocycles. The van der Waals surface area contributed by atoms with E-state index in [1.165, 1.54) is 0 Å². The lowest BCUT2D eigenvalue weighted by Crippen LogP contribution is -2.45. The Morgan fingerprint density at radius 3 is 2.82 bits per heavy atom. The van der Waals surface area contributed by atoms with Crippen molar-refractivity contribution in [1.82, 2.24) is 15.5 Å². The standard InChI is InChI=1S/C12H21N3O2/c1-12(11(17)13-2)5-7-15(8-12)10(16)9-4-3-6-14-9/h9,14H,3-8H2,1-2H3,(H,13,17). The Bertz CT molecular complexity index is 326. The lowest BCUT2D eigenvalue weighted by atomic mass is 9.89. The fourth-order valence-corrected chi connectivity index (χ4v) is 2.75. The van der Waals surface area contributed by atoms with Crippen LogP contribution in [0.3, 0.4) is 0 Å². The summed E-state index contributed by atoms with van der Waals surface area (Å²) in [5, 5.41) is 5.90. The van der Waals surface area contributed by atoms with E-state index >= 15 is 0 Å². The van der Waals surface area contributed by atoms with Gasteiger partial charge in [-0.3, -0.25) is 9.59 Å². The van der Waals surface area contributed by atoms with Gasteiger partial charge in [0.05, 0.1) is 11.5 Å². The summed E-state index contributed by atoms with van der Waals surface area (Å²) < 4.78 is 0. The van der Waals surface area contributed by atoms with Crippen LogP contribution in [0.5, 0.6) is 0 Å². The highest BCUT2D eigenvalue weighted by molar-refractivity contribution is 5.86. The van der Waals surface area contributed by atoms with E-state index in [1.54, 1.807) is 7.05 Å². The second kappa shape index (κ2) is 4.64. The smallest absolute Gasteiger partial charge is 0.239 e. The zero-order chi connectivity index (χ0) is 12.5. The molecular formula is C12H21N3O2. The maximum Gasteiger partial charge on any atom is 0.239 e. The summed E-state index contributed by atoms with van der Waals surface area (Å²) in [5.74, 6) is 0.197. The first-order valence-corrected chi connectivity index (χ1v) is 6.31. The summed E-state index contributed by atoms with van der Waals surface area (Å²) in [6, 6.07) is -0.0259. The number of amides is 2. The summed E-state index contributed by atoms with van der Waals surface area (Å²) in [4.78, 5) is 25.8. The molecule has 5 heteroatoms. The van der Waals surface area contributed by atoms with Crippen LogP contribution in [0.25, 0.3) is 0 Å². The molecule has 2 aliphatic heterocycles. The fourth-order valence-electron chi connectivity index (χ4n) is 2.75. The average Bonchev–Trinajstić information content (AvgIpc) is 2.96. The van der Waals surface area contributed by atoms with E-state index in [0.29, 0.717) is 13.1 Å². The van der Waals surface area contributed by atoms with Crippen molar-refractivity contribution in [3.05, 3.63) is 0 Å². The molecule has 0 bridgehead atoms. The lowest BCUT2D eigenvalue weighted by molar-refractivity contribution is -0.133. The highest BCUT2D eigenvalue weighted by atomic mass is 16.2. The van der Waals surface area contributed by atoms with Gasteiger partial charge in [0, 0.05) is 20.1 Å². The number of likely N-dealkylation sites (tertiary alicyclic amines) is 1. The van der Waals surface area contributed by atoms with Gasteiger partial charge >= 0.3 is 0 Å². The Morgan fingerprint density at radius 2 is 2.24 bits per heavy atom. The van der Waals surface area contributed by atoms with Gasteiger partial charge in [0.15, 0.2) is 0 Å². The predicted octanol–water partition coefficient (Wildman–Crippen LogP) is -0.277. The van der Waals surface area contributed by atoms with Crippen molar-refractivity contribution in [2.45, 2.75) is 32.2 Å². The largest absolute Gasteiger partial charge is 0.359 e. The molecule has 5 nitrogen and oxygen atoms in total. The van der Waals surface area contributed by atoms with Crippen LogP contribution in [0.4, 0.5) is 0 Å². The van der Waals surface area contributed by atoms with Gasteiger partial charge in [-0.2, -0.15) is 0 Å². The summed E-state index contributed by atoms with van der Waals surface area (Å²) in [6.45, 7) is 4.10. The molecule has 0 aromatic rings. The van der Waals surface area contributed by atoms with Gasteiger partial charge in [-0.1, -0.05) is 0 Å². The summed E-state index contributed by atoms with van der Waals surface area (Å²) >= 11 is 0. The number of hydrogen-bond donors (Lipinski definition) is 2. The minimum atomic E-state index is -0.414. The monoisotopic (exact) mass is 239 g/mol. The van der Waals surface area contributed by atoms with Crippen LogP contribution >= 0.6 is 0 Å². The molecule has 2 saturated heterocycles. The molecule has 0 spiro atoms. The number of rotatable bonds is 2. The third-order valence-corrected chi connectivity index (χ3v) is 3.92. The Labute approximate surface area is 102 Å². The molecule has 2 rings (SSSR count).